The fourth-order valence-electron chi connectivity index (χ4n) is 1.57. The Hall–Kier alpha value is -1.90. The summed E-state index contributed by atoms with van der Waals surface area (Å²) in [4.78, 5) is 11.6. The third-order valence-electron chi connectivity index (χ3n) is 2.15. The van der Waals surface area contributed by atoms with Crippen molar-refractivity contribution in [3.05, 3.63) is 36.8 Å². The Morgan fingerprint density at radius 2 is 2.08 bits per heavy atom. The van der Waals surface area contributed by atoms with Crippen LogP contribution in [-0.2, 0) is 0 Å². The summed E-state index contributed by atoms with van der Waals surface area (Å²) >= 11 is 0. The fraction of sp³-hybridized carbons (Fsp3) is 0. The van der Waals surface area contributed by atoms with Crippen LogP contribution >= 0.6 is 0 Å². The van der Waals surface area contributed by atoms with Gasteiger partial charge < -0.3 is 4.98 Å². The van der Waals surface area contributed by atoms with Crippen LogP contribution < -0.4 is 0 Å². The van der Waals surface area contributed by atoms with Crippen LogP contribution in [0.2, 0.25) is 0 Å². The van der Waals surface area contributed by atoms with Gasteiger partial charge in [-0.05, 0) is 18.2 Å². The molecule has 0 radical (unpaired) electrons. The zero-order valence-corrected chi connectivity index (χ0v) is 6.86. The summed E-state index contributed by atoms with van der Waals surface area (Å²) in [6, 6.07) is 5.91. The quantitative estimate of drug-likeness (QED) is 0.560. The second-order valence-electron chi connectivity index (χ2n) is 2.95. The molecule has 0 unspecified atom stereocenters. The second-order valence-corrected chi connectivity index (χ2v) is 2.95. The highest BCUT2D eigenvalue weighted by atomic mass is 14.8. The van der Waals surface area contributed by atoms with Gasteiger partial charge in [0.25, 0.3) is 0 Å². The van der Waals surface area contributed by atoms with Crippen LogP contribution in [0.25, 0.3) is 21.9 Å². The van der Waals surface area contributed by atoms with Gasteiger partial charge in [0.15, 0.2) is 0 Å². The number of hydrogen-bond acceptors (Lipinski definition) is 2. The van der Waals surface area contributed by atoms with Crippen molar-refractivity contribution in [2.45, 2.75) is 0 Å². The van der Waals surface area contributed by atoms with E-state index in [1.165, 1.54) is 0 Å². The number of rotatable bonds is 0. The van der Waals surface area contributed by atoms with E-state index < -0.39 is 0 Å². The van der Waals surface area contributed by atoms with Gasteiger partial charge in [0.1, 0.15) is 0 Å². The van der Waals surface area contributed by atoms with Crippen molar-refractivity contribution < 1.29 is 0 Å². The largest absolute Gasteiger partial charge is 0.352 e. The first kappa shape index (κ1) is 6.60. The highest BCUT2D eigenvalue weighted by Crippen LogP contribution is 2.21. The molecule has 0 saturated heterocycles. The molecule has 3 heterocycles. The topological polar surface area (TPSA) is 41.6 Å². The van der Waals surface area contributed by atoms with Gasteiger partial charge in [-0.25, -0.2) is 0 Å². The lowest BCUT2D eigenvalue weighted by atomic mass is 10.3. The smallest absolute Gasteiger partial charge is 0.0958 e. The second kappa shape index (κ2) is 2.29. The Morgan fingerprint density at radius 3 is 3.08 bits per heavy atom. The van der Waals surface area contributed by atoms with E-state index in [0.717, 1.165) is 21.9 Å². The molecule has 0 aliphatic heterocycles. The molecule has 0 aliphatic carbocycles. The van der Waals surface area contributed by atoms with E-state index in [-0.39, 0.29) is 0 Å². The zero-order chi connectivity index (χ0) is 8.67. The first-order valence-electron chi connectivity index (χ1n) is 4.11. The molecule has 0 fully saturated rings. The number of nitrogens with one attached hydrogen (secondary N) is 1. The maximum absolute atomic E-state index is 4.31. The van der Waals surface area contributed by atoms with Crippen molar-refractivity contribution in [1.29, 1.82) is 0 Å². The SMILES string of the molecule is c1cnc2c(c1)[nH]c1cnccc12. The highest BCUT2D eigenvalue weighted by Gasteiger charge is 2.02. The summed E-state index contributed by atoms with van der Waals surface area (Å²) in [6.45, 7) is 0. The summed E-state index contributed by atoms with van der Waals surface area (Å²) in [5, 5.41) is 1.13. The number of nitrogens with zero attached hydrogens (tertiary/aromatic N) is 2. The monoisotopic (exact) mass is 169 g/mol. The van der Waals surface area contributed by atoms with Crippen LogP contribution in [0.3, 0.4) is 0 Å². The Kier molecular flexibility index (Phi) is 1.16. The molecule has 3 rings (SSSR count). The lowest BCUT2D eigenvalue weighted by Gasteiger charge is -1.86. The summed E-state index contributed by atoms with van der Waals surface area (Å²) in [5.74, 6) is 0. The zero-order valence-electron chi connectivity index (χ0n) is 6.86. The summed E-state index contributed by atoms with van der Waals surface area (Å²) in [5.41, 5.74) is 3.11. The van der Waals surface area contributed by atoms with Gasteiger partial charge in [-0.2, -0.15) is 0 Å². The van der Waals surface area contributed by atoms with Crippen molar-refractivity contribution in [3.63, 3.8) is 0 Å². The first-order valence-corrected chi connectivity index (χ1v) is 4.11. The predicted octanol–water partition coefficient (Wildman–Crippen LogP) is 2.11. The van der Waals surface area contributed by atoms with Crippen LogP contribution in [0.5, 0.6) is 0 Å². The average Bonchev–Trinajstić information content (AvgIpc) is 2.56. The average molecular weight is 169 g/mol. The number of hydrogen-bond donors (Lipinski definition) is 1. The minimum absolute atomic E-state index is 1.01. The van der Waals surface area contributed by atoms with Crippen molar-refractivity contribution in [1.82, 2.24) is 15.0 Å². The number of aromatic nitrogens is 3. The third-order valence-corrected chi connectivity index (χ3v) is 2.15. The molecule has 0 bridgehead atoms. The molecule has 0 aromatic carbocycles. The Balaban J connectivity index is 2.64. The summed E-state index contributed by atoms with van der Waals surface area (Å²) < 4.78 is 0. The minimum Gasteiger partial charge on any atom is -0.352 e. The Bertz CT molecular complexity index is 518. The standard InChI is InChI=1S/C10H7N3/c1-2-8-10(12-4-1)7-3-5-11-6-9(7)13-8/h1-6,13H. The van der Waals surface area contributed by atoms with Crippen molar-refractivity contribution in [2.24, 2.45) is 0 Å². The van der Waals surface area contributed by atoms with Gasteiger partial charge in [-0.15, -0.1) is 0 Å². The van der Waals surface area contributed by atoms with Crippen LogP contribution in [0.15, 0.2) is 36.8 Å². The molecule has 1 N–H and O–H groups in total. The molecule has 13 heavy (non-hydrogen) atoms. The number of H-pyrrole nitrogens is 1. The van der Waals surface area contributed by atoms with Crippen LogP contribution in [0, 0.1) is 0 Å². The molecule has 0 atom stereocenters. The van der Waals surface area contributed by atoms with E-state index in [1.807, 2.05) is 24.4 Å². The number of fused-ring (bicyclic) bond motifs is 3. The molecule has 0 spiro atoms. The van der Waals surface area contributed by atoms with Crippen LogP contribution in [-0.4, -0.2) is 15.0 Å². The summed E-state index contributed by atoms with van der Waals surface area (Å²) in [6.07, 6.45) is 5.40. The van der Waals surface area contributed by atoms with E-state index in [4.69, 9.17) is 0 Å². The van der Waals surface area contributed by atoms with Crippen LogP contribution in [0.4, 0.5) is 0 Å². The van der Waals surface area contributed by atoms with Gasteiger partial charge in [-0.1, -0.05) is 0 Å². The number of pyridine rings is 2. The maximum atomic E-state index is 4.31. The van der Waals surface area contributed by atoms with Crippen molar-refractivity contribution in [2.75, 3.05) is 0 Å². The van der Waals surface area contributed by atoms with E-state index >= 15 is 0 Å². The molecule has 0 amide bonds. The molecule has 3 nitrogen and oxygen atoms in total. The van der Waals surface area contributed by atoms with Crippen molar-refractivity contribution in [3.8, 4) is 0 Å². The lowest BCUT2D eigenvalue weighted by molar-refractivity contribution is 1.35. The van der Waals surface area contributed by atoms with E-state index in [1.54, 1.807) is 12.4 Å². The fourth-order valence-corrected chi connectivity index (χ4v) is 1.57. The van der Waals surface area contributed by atoms with Crippen LogP contribution in [0.1, 0.15) is 0 Å². The van der Waals surface area contributed by atoms with Gasteiger partial charge in [0.05, 0.1) is 22.7 Å². The maximum Gasteiger partial charge on any atom is 0.0958 e. The highest BCUT2D eigenvalue weighted by molar-refractivity contribution is 6.04. The van der Waals surface area contributed by atoms with E-state index in [2.05, 4.69) is 15.0 Å². The van der Waals surface area contributed by atoms with Crippen molar-refractivity contribution >= 4 is 21.9 Å². The molecule has 62 valence electrons. The Morgan fingerprint density at radius 1 is 1.08 bits per heavy atom. The molecule has 3 aromatic heterocycles. The molecular formula is C10H7N3. The third kappa shape index (κ3) is 0.839. The van der Waals surface area contributed by atoms with Gasteiger partial charge >= 0.3 is 0 Å². The molecule has 3 aromatic rings. The molecular weight excluding hydrogens is 162 g/mol. The predicted molar refractivity (Wildman–Crippen MR) is 51.4 cm³/mol. The minimum atomic E-state index is 1.01. The van der Waals surface area contributed by atoms with E-state index in [0.29, 0.717) is 0 Å². The van der Waals surface area contributed by atoms with Gasteiger partial charge in [0, 0.05) is 17.8 Å². The number of aromatic amines is 1. The van der Waals surface area contributed by atoms with E-state index in [9.17, 15) is 0 Å². The molecule has 3 heteroatoms. The Labute approximate surface area is 74.4 Å². The summed E-state index contributed by atoms with van der Waals surface area (Å²) in [7, 11) is 0. The lowest BCUT2D eigenvalue weighted by Crippen LogP contribution is -1.71. The molecule has 0 aliphatic rings. The molecule has 0 saturated carbocycles. The normalized spacial score (nSPS) is 11.1. The first-order chi connectivity index (χ1) is 6.45. The van der Waals surface area contributed by atoms with Gasteiger partial charge in [0.2, 0.25) is 0 Å². The van der Waals surface area contributed by atoms with Gasteiger partial charge in [-0.3, -0.25) is 9.97 Å².